The first-order chi connectivity index (χ1) is 21.2. The highest BCUT2D eigenvalue weighted by atomic mass is 16.5. The van der Waals surface area contributed by atoms with Crippen LogP contribution in [-0.2, 0) is 29.5 Å². The third-order valence-corrected chi connectivity index (χ3v) is 9.52. The summed E-state index contributed by atoms with van der Waals surface area (Å²) >= 11 is 0. The zero-order valence-corrected chi connectivity index (χ0v) is 28.1. The number of fused-ring (bicyclic) bond motifs is 2. The maximum atomic E-state index is 12.8. The number of carbonyl (C=O) groups is 1. The number of imidazole rings is 1. The molecule has 4 heterocycles. The third-order valence-electron chi connectivity index (χ3n) is 9.52. The summed E-state index contributed by atoms with van der Waals surface area (Å²) in [6.45, 7) is 17.7. The lowest BCUT2D eigenvalue weighted by molar-refractivity contribution is -0.160. The summed E-state index contributed by atoms with van der Waals surface area (Å²) in [5, 5.41) is 10.5. The zero-order chi connectivity index (χ0) is 32.3. The molecule has 1 fully saturated rings. The van der Waals surface area contributed by atoms with E-state index < -0.39 is 17.7 Å². The third kappa shape index (κ3) is 6.05. The Hall–Kier alpha value is -3.91. The van der Waals surface area contributed by atoms with E-state index in [9.17, 15) is 9.90 Å². The van der Waals surface area contributed by atoms with Crippen LogP contribution in [-0.4, -0.2) is 50.8 Å². The van der Waals surface area contributed by atoms with E-state index in [0.29, 0.717) is 11.3 Å². The predicted molar refractivity (Wildman–Crippen MR) is 181 cm³/mol. The average molecular weight is 610 g/mol. The van der Waals surface area contributed by atoms with Crippen molar-refractivity contribution in [1.29, 1.82) is 0 Å². The predicted octanol–water partition coefficient (Wildman–Crippen LogP) is 7.38. The smallest absolute Gasteiger partial charge is 0.337 e. The van der Waals surface area contributed by atoms with Crippen LogP contribution in [0.15, 0.2) is 42.5 Å². The molecule has 2 aliphatic heterocycles. The van der Waals surface area contributed by atoms with Crippen LogP contribution in [0.5, 0.6) is 0 Å². The molecule has 2 aliphatic rings. The van der Waals surface area contributed by atoms with Crippen molar-refractivity contribution in [1.82, 2.24) is 14.5 Å². The van der Waals surface area contributed by atoms with Crippen molar-refractivity contribution in [2.24, 2.45) is 12.5 Å². The molecule has 1 saturated heterocycles. The summed E-state index contributed by atoms with van der Waals surface area (Å²) in [5.41, 5.74) is 9.71. The molecule has 0 saturated carbocycles. The van der Waals surface area contributed by atoms with Gasteiger partial charge in [-0.25, -0.2) is 9.78 Å². The van der Waals surface area contributed by atoms with Crippen molar-refractivity contribution in [2.75, 3.05) is 29.4 Å². The first-order valence-corrected chi connectivity index (χ1v) is 16.2. The summed E-state index contributed by atoms with van der Waals surface area (Å²) in [5.74, 6) is -0.00119. The highest BCUT2D eigenvalue weighted by molar-refractivity contribution is 5.88. The van der Waals surface area contributed by atoms with Gasteiger partial charge >= 0.3 is 5.97 Å². The molecule has 0 aliphatic carbocycles. The normalized spacial score (nSPS) is 17.4. The summed E-state index contributed by atoms with van der Waals surface area (Å²) in [7, 11) is 2.09. The maximum absolute atomic E-state index is 12.8. The first-order valence-electron chi connectivity index (χ1n) is 16.2. The van der Waals surface area contributed by atoms with E-state index in [0.717, 1.165) is 84.9 Å². The highest BCUT2D eigenvalue weighted by Gasteiger charge is 2.36. The number of aryl methyl sites for hydroxylation is 3. The number of aliphatic carboxylic acids is 1. The molecule has 1 N–H and O–H groups in total. The zero-order valence-electron chi connectivity index (χ0n) is 28.1. The summed E-state index contributed by atoms with van der Waals surface area (Å²) < 4.78 is 8.45. The van der Waals surface area contributed by atoms with Crippen LogP contribution in [0.3, 0.4) is 0 Å². The number of hydrogen-bond acceptors (Lipinski definition) is 6. The highest BCUT2D eigenvalue weighted by Crippen LogP contribution is 2.45. The van der Waals surface area contributed by atoms with E-state index >= 15 is 0 Å². The Morgan fingerprint density at radius 2 is 1.67 bits per heavy atom. The second-order valence-corrected chi connectivity index (χ2v) is 14.6. The summed E-state index contributed by atoms with van der Waals surface area (Å²) in [6.07, 6.45) is 1.84. The van der Waals surface area contributed by atoms with Gasteiger partial charge in [0.2, 0.25) is 5.95 Å². The number of carboxylic acid groups (broad SMARTS) is 1. The van der Waals surface area contributed by atoms with Crippen LogP contribution in [0.2, 0.25) is 0 Å². The van der Waals surface area contributed by atoms with Gasteiger partial charge in [-0.3, -0.25) is 4.98 Å². The molecule has 8 heteroatoms. The van der Waals surface area contributed by atoms with Gasteiger partial charge in [-0.1, -0.05) is 44.2 Å². The molecule has 1 atom stereocenters. The van der Waals surface area contributed by atoms with Crippen LogP contribution in [0.4, 0.5) is 11.6 Å². The summed E-state index contributed by atoms with van der Waals surface area (Å²) in [6, 6.07) is 15.0. The molecule has 0 radical (unpaired) electrons. The molecule has 45 heavy (non-hydrogen) atoms. The molecular formula is C37H47N5O3. The second kappa shape index (κ2) is 11.5. The first kappa shape index (κ1) is 31.1. The number of nitrogens with zero attached hydrogens (tertiary/aromatic N) is 5. The lowest BCUT2D eigenvalue weighted by Gasteiger charge is -2.41. The van der Waals surface area contributed by atoms with Crippen molar-refractivity contribution < 1.29 is 14.6 Å². The van der Waals surface area contributed by atoms with Crippen LogP contribution < -0.4 is 9.80 Å². The Balaban J connectivity index is 1.43. The van der Waals surface area contributed by atoms with Gasteiger partial charge in [0.05, 0.1) is 22.3 Å². The number of benzene rings is 2. The van der Waals surface area contributed by atoms with Crippen molar-refractivity contribution >= 4 is 28.6 Å². The van der Waals surface area contributed by atoms with Crippen LogP contribution in [0.1, 0.15) is 81.6 Å². The molecule has 0 amide bonds. The molecule has 0 spiro atoms. The molecule has 6 rings (SSSR count). The van der Waals surface area contributed by atoms with Gasteiger partial charge in [0.1, 0.15) is 0 Å². The number of aromatic nitrogens is 3. The average Bonchev–Trinajstić information content (AvgIpc) is 3.31. The fourth-order valence-corrected chi connectivity index (χ4v) is 7.05. The monoisotopic (exact) mass is 609 g/mol. The van der Waals surface area contributed by atoms with Crippen molar-refractivity contribution in [2.45, 2.75) is 86.0 Å². The quantitative estimate of drug-likeness (QED) is 0.244. The number of rotatable bonds is 6. The van der Waals surface area contributed by atoms with Gasteiger partial charge in [-0.05, 0) is 88.1 Å². The van der Waals surface area contributed by atoms with Gasteiger partial charge in [0, 0.05) is 55.7 Å². The van der Waals surface area contributed by atoms with E-state index in [1.165, 1.54) is 11.1 Å². The van der Waals surface area contributed by atoms with E-state index in [-0.39, 0.29) is 5.41 Å². The number of pyridine rings is 1. The Morgan fingerprint density at radius 1 is 0.956 bits per heavy atom. The lowest BCUT2D eigenvalue weighted by atomic mass is 9.81. The molecule has 8 nitrogen and oxygen atoms in total. The number of anilines is 2. The Kier molecular flexibility index (Phi) is 7.92. The number of ether oxygens (including phenoxy) is 1. The molecule has 238 valence electrons. The number of hydrogen-bond donors (Lipinski definition) is 1. The lowest BCUT2D eigenvalue weighted by Crippen LogP contribution is -2.39. The maximum Gasteiger partial charge on any atom is 0.337 e. The van der Waals surface area contributed by atoms with Crippen molar-refractivity contribution in [3.63, 3.8) is 0 Å². The van der Waals surface area contributed by atoms with Gasteiger partial charge in [0.15, 0.2) is 6.10 Å². The topological polar surface area (TPSA) is 83.7 Å². The van der Waals surface area contributed by atoms with Gasteiger partial charge in [-0.15, -0.1) is 0 Å². The largest absolute Gasteiger partial charge is 0.479 e. The van der Waals surface area contributed by atoms with Crippen molar-refractivity contribution in [3.8, 4) is 11.1 Å². The van der Waals surface area contributed by atoms with E-state index in [2.05, 4.69) is 78.6 Å². The molecular weight excluding hydrogens is 562 g/mol. The van der Waals surface area contributed by atoms with E-state index in [4.69, 9.17) is 14.7 Å². The van der Waals surface area contributed by atoms with Crippen LogP contribution in [0, 0.1) is 19.3 Å². The molecule has 2 aromatic carbocycles. The fraction of sp³-hybridized carbons (Fsp3) is 0.486. The van der Waals surface area contributed by atoms with E-state index in [1.807, 2.05) is 33.8 Å². The molecule has 1 unspecified atom stereocenters. The van der Waals surface area contributed by atoms with Crippen LogP contribution >= 0.6 is 0 Å². The van der Waals surface area contributed by atoms with Gasteiger partial charge in [0.25, 0.3) is 0 Å². The number of carboxylic acids is 1. The Labute approximate surface area is 267 Å². The summed E-state index contributed by atoms with van der Waals surface area (Å²) in [4.78, 5) is 27.5. The molecule has 2 aromatic heterocycles. The van der Waals surface area contributed by atoms with Gasteiger partial charge in [-0.2, -0.15) is 0 Å². The van der Waals surface area contributed by atoms with E-state index in [1.54, 1.807) is 0 Å². The molecule has 4 aromatic rings. The second-order valence-electron chi connectivity index (χ2n) is 14.6. The minimum atomic E-state index is -1.12. The van der Waals surface area contributed by atoms with Gasteiger partial charge < -0.3 is 24.2 Å². The van der Waals surface area contributed by atoms with Crippen molar-refractivity contribution in [3.05, 3.63) is 70.5 Å². The standard InChI is InChI=1S/C37H47N5O3/c1-23-30(26-13-14-27-22-42(18-15-25(27)21-26)35-39-28-11-9-10-12-29(28)40(35)8)32(41-19-16-37(6,7)17-20-41)31(24(2)38-23)33(34(43)44)45-36(3,4)5/h9-14,21,33H,15-20,22H2,1-8H3,(H,43,44). The Morgan fingerprint density at radius 3 is 2.33 bits per heavy atom. The number of piperidine rings is 1. The fourth-order valence-electron chi connectivity index (χ4n) is 7.05. The number of para-hydroxylation sites is 2. The minimum Gasteiger partial charge on any atom is -0.479 e. The molecule has 0 bridgehead atoms. The van der Waals surface area contributed by atoms with Crippen LogP contribution in [0.25, 0.3) is 22.2 Å². The minimum absolute atomic E-state index is 0.249. The SMILES string of the molecule is Cc1nc(C)c(C(OC(C)(C)C)C(=O)O)c(N2CCC(C)(C)CC2)c1-c1ccc2c(c1)CCN(c1nc3ccccc3n1C)C2. The Bertz CT molecular complexity index is 1760.